The van der Waals surface area contributed by atoms with Crippen molar-refractivity contribution >= 4 is 47.3 Å². The smallest absolute Gasteiger partial charge is 0.329 e. The van der Waals surface area contributed by atoms with Crippen molar-refractivity contribution in [2.75, 3.05) is 25.7 Å². The van der Waals surface area contributed by atoms with E-state index in [1.165, 1.54) is 55.9 Å². The molecule has 1 aromatic carbocycles. The van der Waals surface area contributed by atoms with Crippen LogP contribution in [0.25, 0.3) is 0 Å². The van der Waals surface area contributed by atoms with Gasteiger partial charge in [-0.25, -0.2) is 14.6 Å². The fourth-order valence-electron chi connectivity index (χ4n) is 3.09. The molecule has 11 heteroatoms. The average molecular weight is 504 g/mol. The summed E-state index contributed by atoms with van der Waals surface area (Å²) in [6.07, 6.45) is 0. The number of aromatic nitrogens is 1. The second-order valence-electron chi connectivity index (χ2n) is 7.35. The molecule has 0 unspecified atom stereocenters. The van der Waals surface area contributed by atoms with Crippen LogP contribution in [0.3, 0.4) is 0 Å². The quantitative estimate of drug-likeness (QED) is 0.591. The number of amides is 2. The molecule has 1 aromatic heterocycles. The van der Waals surface area contributed by atoms with Gasteiger partial charge in [0, 0.05) is 23.0 Å². The maximum atomic E-state index is 12.8. The zero-order chi connectivity index (χ0) is 24.5. The van der Waals surface area contributed by atoms with E-state index < -0.39 is 35.8 Å². The Morgan fingerprint density at radius 3 is 1.59 bits per heavy atom. The number of benzene rings is 1. The number of pyridine rings is 1. The first-order chi connectivity index (χ1) is 16.4. The van der Waals surface area contributed by atoms with E-state index in [0.29, 0.717) is 23.0 Å². The molecule has 2 aliphatic heterocycles. The third kappa shape index (κ3) is 6.97. The molecule has 34 heavy (non-hydrogen) atoms. The molecule has 3 heterocycles. The highest BCUT2D eigenvalue weighted by molar-refractivity contribution is 7.98. The minimum Gasteiger partial charge on any atom is -0.467 e. The maximum absolute atomic E-state index is 12.8. The fraction of sp³-hybridized carbons (Fsp3) is 0.348. The average Bonchev–Trinajstić information content (AvgIpc) is 2.86. The first kappa shape index (κ1) is 25.6. The van der Waals surface area contributed by atoms with Gasteiger partial charge in [-0.1, -0.05) is 30.3 Å². The standard InChI is InChI=1S/C23H25N3O6S2/c1-31-22(29)18-12-33-10-14-6-8-15(9-7-14)11-34-13-19(23(30)32-2)26-21(28)17-5-3-4-16(24-17)20(27)25-18/h3-9,18-19H,10-13H2,1-2H3,(H,25,27)(H,26,28)/t18-,19+. The van der Waals surface area contributed by atoms with Gasteiger partial charge >= 0.3 is 11.9 Å². The summed E-state index contributed by atoms with van der Waals surface area (Å²) in [5.41, 5.74) is 2.06. The summed E-state index contributed by atoms with van der Waals surface area (Å²) in [4.78, 5) is 54.1. The van der Waals surface area contributed by atoms with Gasteiger partial charge < -0.3 is 20.1 Å². The van der Waals surface area contributed by atoms with E-state index >= 15 is 0 Å². The molecule has 0 radical (unpaired) electrons. The van der Waals surface area contributed by atoms with Crippen molar-refractivity contribution < 1.29 is 28.7 Å². The van der Waals surface area contributed by atoms with E-state index in [0.717, 1.165) is 11.1 Å². The van der Waals surface area contributed by atoms with E-state index in [1.807, 2.05) is 24.3 Å². The molecule has 4 rings (SSSR count). The van der Waals surface area contributed by atoms with Gasteiger partial charge in [-0.05, 0) is 23.3 Å². The van der Waals surface area contributed by atoms with Crippen molar-refractivity contribution in [1.29, 1.82) is 0 Å². The molecule has 0 fully saturated rings. The maximum Gasteiger partial charge on any atom is 0.329 e. The minimum atomic E-state index is -0.886. The van der Waals surface area contributed by atoms with Gasteiger partial charge in [-0.2, -0.15) is 23.5 Å². The van der Waals surface area contributed by atoms with Gasteiger partial charge in [0.1, 0.15) is 23.5 Å². The van der Waals surface area contributed by atoms with Crippen LogP contribution in [-0.2, 0) is 30.6 Å². The molecule has 0 spiro atoms. The predicted octanol–water partition coefficient (Wildman–Crippen LogP) is 1.80. The number of nitrogens with one attached hydrogen (secondary N) is 2. The Morgan fingerprint density at radius 1 is 0.794 bits per heavy atom. The van der Waals surface area contributed by atoms with Crippen molar-refractivity contribution in [1.82, 2.24) is 15.6 Å². The number of esters is 2. The Kier molecular flexibility index (Phi) is 9.34. The highest BCUT2D eigenvalue weighted by Gasteiger charge is 2.25. The molecule has 0 saturated heterocycles. The second kappa shape index (κ2) is 12.4. The normalized spacial score (nSPS) is 19.6. The van der Waals surface area contributed by atoms with E-state index in [1.54, 1.807) is 0 Å². The van der Waals surface area contributed by atoms with E-state index in [9.17, 15) is 19.2 Å². The lowest BCUT2D eigenvalue weighted by molar-refractivity contribution is -0.143. The molecule has 4 bridgehead atoms. The van der Waals surface area contributed by atoms with E-state index in [2.05, 4.69) is 15.6 Å². The summed E-state index contributed by atoms with van der Waals surface area (Å²) in [5, 5.41) is 5.26. The topological polar surface area (TPSA) is 124 Å². The fourth-order valence-corrected chi connectivity index (χ4v) is 5.10. The lowest BCUT2D eigenvalue weighted by Crippen LogP contribution is -2.44. The summed E-state index contributed by atoms with van der Waals surface area (Å²) in [6.45, 7) is 0. The van der Waals surface area contributed by atoms with Crippen LogP contribution >= 0.6 is 23.5 Å². The molecule has 2 aromatic rings. The summed E-state index contributed by atoms with van der Waals surface area (Å²) in [7, 11) is 2.51. The number of fused-ring (bicyclic) bond motifs is 12. The van der Waals surface area contributed by atoms with Crippen molar-refractivity contribution in [3.8, 4) is 0 Å². The number of rotatable bonds is 2. The third-order valence-electron chi connectivity index (χ3n) is 4.93. The van der Waals surface area contributed by atoms with Gasteiger partial charge in [-0.15, -0.1) is 0 Å². The number of nitrogens with zero attached hydrogens (tertiary/aromatic N) is 1. The van der Waals surface area contributed by atoms with Gasteiger partial charge in [0.25, 0.3) is 11.8 Å². The lowest BCUT2D eigenvalue weighted by atomic mass is 10.2. The molecule has 2 N–H and O–H groups in total. The Labute approximate surface area is 205 Å². The third-order valence-corrected chi connectivity index (χ3v) is 7.14. The monoisotopic (exact) mass is 503 g/mol. The van der Waals surface area contributed by atoms with Crippen molar-refractivity contribution in [2.24, 2.45) is 0 Å². The lowest BCUT2D eigenvalue weighted by Gasteiger charge is -2.17. The highest BCUT2D eigenvalue weighted by Crippen LogP contribution is 2.19. The first-order valence-electron chi connectivity index (χ1n) is 10.4. The van der Waals surface area contributed by atoms with Crippen molar-refractivity contribution in [3.63, 3.8) is 0 Å². The van der Waals surface area contributed by atoms with Crippen molar-refractivity contribution in [2.45, 2.75) is 23.6 Å². The number of carbonyl (C=O) groups excluding carboxylic acids is 4. The van der Waals surface area contributed by atoms with Crippen molar-refractivity contribution in [3.05, 3.63) is 65.0 Å². The van der Waals surface area contributed by atoms with Crippen LogP contribution in [0.15, 0.2) is 42.5 Å². The molecule has 9 nitrogen and oxygen atoms in total. The summed E-state index contributed by atoms with van der Waals surface area (Å²) in [5.74, 6) is -0.488. The Hall–Kier alpha value is -3.05. The summed E-state index contributed by atoms with van der Waals surface area (Å²) < 4.78 is 9.66. The molecule has 2 amide bonds. The van der Waals surface area contributed by atoms with Gasteiger partial charge in [-0.3, -0.25) is 9.59 Å². The zero-order valence-corrected chi connectivity index (χ0v) is 20.4. The van der Waals surface area contributed by atoms with Crippen LogP contribution in [0, 0.1) is 0 Å². The number of ether oxygens (including phenoxy) is 2. The Balaban J connectivity index is 1.89. The van der Waals surface area contributed by atoms with Gasteiger partial charge in [0.2, 0.25) is 0 Å². The molecule has 0 aliphatic carbocycles. The van der Waals surface area contributed by atoms with Gasteiger partial charge in [0.05, 0.1) is 14.2 Å². The SMILES string of the molecule is COC(=O)[C@@H]1CSCc2ccc(cc2)CSC[C@H](C(=O)OC)NC(=O)c2cccc(n2)C(=O)N1. The minimum absolute atomic E-state index is 0.0382. The molecule has 180 valence electrons. The van der Waals surface area contributed by atoms with Crippen LogP contribution in [0.2, 0.25) is 0 Å². The summed E-state index contributed by atoms with van der Waals surface area (Å²) >= 11 is 2.97. The van der Waals surface area contributed by atoms with E-state index in [4.69, 9.17) is 9.47 Å². The molecular formula is C23H25N3O6S2. The first-order valence-corrected chi connectivity index (χ1v) is 12.7. The highest BCUT2D eigenvalue weighted by atomic mass is 32.2. The molecule has 0 saturated carbocycles. The molecule has 2 aliphatic rings. The van der Waals surface area contributed by atoms with Crippen LogP contribution in [0.1, 0.15) is 32.1 Å². The number of carbonyl (C=O) groups is 4. The van der Waals surface area contributed by atoms with Gasteiger partial charge in [0.15, 0.2) is 0 Å². The summed E-state index contributed by atoms with van der Waals surface area (Å²) in [6, 6.07) is 10.6. The largest absolute Gasteiger partial charge is 0.467 e. The second-order valence-corrected chi connectivity index (χ2v) is 9.41. The number of thioether (sulfide) groups is 2. The molecular weight excluding hydrogens is 478 g/mol. The van der Waals surface area contributed by atoms with Crippen LogP contribution in [0.5, 0.6) is 0 Å². The van der Waals surface area contributed by atoms with Crippen LogP contribution < -0.4 is 10.6 Å². The zero-order valence-electron chi connectivity index (χ0n) is 18.7. The predicted molar refractivity (Wildman–Crippen MR) is 130 cm³/mol. The molecule has 2 atom stereocenters. The Bertz CT molecular complexity index is 969. The Morgan fingerprint density at radius 2 is 1.21 bits per heavy atom. The van der Waals surface area contributed by atoms with Crippen LogP contribution in [-0.4, -0.2) is 66.5 Å². The van der Waals surface area contributed by atoms with Crippen LogP contribution in [0.4, 0.5) is 0 Å². The van der Waals surface area contributed by atoms with E-state index in [-0.39, 0.29) is 11.4 Å². The number of hydrogen-bond donors (Lipinski definition) is 2. The number of methoxy groups -OCH3 is 2. The number of hydrogen-bond acceptors (Lipinski definition) is 9.